The van der Waals surface area contributed by atoms with Crippen molar-refractivity contribution in [1.82, 2.24) is 0 Å². The van der Waals surface area contributed by atoms with Crippen molar-refractivity contribution in [1.29, 1.82) is 0 Å². The molecule has 2 atom stereocenters. The molecule has 0 radical (unpaired) electrons. The summed E-state index contributed by atoms with van der Waals surface area (Å²) >= 11 is 0. The molecule has 0 unspecified atom stereocenters. The Kier molecular flexibility index (Phi) is 6.88. The molecule has 0 aliphatic rings. The second-order valence-corrected chi connectivity index (χ2v) is 5.96. The van der Waals surface area contributed by atoms with Gasteiger partial charge in [0.05, 0.1) is 6.10 Å². The fourth-order valence-electron chi connectivity index (χ4n) is 2.21. The van der Waals surface area contributed by atoms with Gasteiger partial charge in [0.1, 0.15) is 11.4 Å². The monoisotopic (exact) mass is 307 g/mol. The smallest absolute Gasteiger partial charge is 0.256 e. The Morgan fingerprint density at radius 3 is 2.55 bits per heavy atom. The summed E-state index contributed by atoms with van der Waals surface area (Å²) in [6, 6.07) is 5.70. The third-order valence-electron chi connectivity index (χ3n) is 3.99. The topological polar surface area (TPSA) is 47.6 Å². The summed E-state index contributed by atoms with van der Waals surface area (Å²) in [6.07, 6.45) is 2.71. The van der Waals surface area contributed by atoms with Crippen LogP contribution in [0.1, 0.15) is 52.5 Å². The number of aryl methyl sites for hydroxylation is 1. The van der Waals surface area contributed by atoms with E-state index in [2.05, 4.69) is 12.2 Å². The molecule has 0 aliphatic carbocycles. The second kappa shape index (κ2) is 8.18. The van der Waals surface area contributed by atoms with Crippen LogP contribution < -0.4 is 10.1 Å². The van der Waals surface area contributed by atoms with Gasteiger partial charge < -0.3 is 14.8 Å². The van der Waals surface area contributed by atoms with Gasteiger partial charge in [-0.3, -0.25) is 4.79 Å². The van der Waals surface area contributed by atoms with Crippen molar-refractivity contribution < 1.29 is 14.3 Å². The van der Waals surface area contributed by atoms with E-state index in [9.17, 15) is 4.79 Å². The molecule has 4 heteroatoms. The van der Waals surface area contributed by atoms with E-state index in [0.29, 0.717) is 6.42 Å². The number of anilines is 1. The van der Waals surface area contributed by atoms with E-state index in [1.165, 1.54) is 0 Å². The molecule has 124 valence electrons. The highest BCUT2D eigenvalue weighted by molar-refractivity contribution is 5.97. The predicted molar refractivity (Wildman–Crippen MR) is 90.5 cm³/mol. The van der Waals surface area contributed by atoms with E-state index in [-0.39, 0.29) is 12.0 Å². The van der Waals surface area contributed by atoms with Crippen LogP contribution in [0, 0.1) is 6.92 Å². The second-order valence-electron chi connectivity index (χ2n) is 5.96. The Morgan fingerprint density at radius 1 is 1.36 bits per heavy atom. The van der Waals surface area contributed by atoms with Crippen molar-refractivity contribution in [3.8, 4) is 5.75 Å². The molecule has 1 aromatic carbocycles. The third kappa shape index (κ3) is 4.73. The first-order valence-corrected chi connectivity index (χ1v) is 8.00. The van der Waals surface area contributed by atoms with Crippen LogP contribution in [0.4, 0.5) is 5.69 Å². The Hall–Kier alpha value is -1.55. The minimum atomic E-state index is -0.797. The van der Waals surface area contributed by atoms with Crippen LogP contribution in [0.5, 0.6) is 5.75 Å². The Balaban J connectivity index is 2.82. The first-order valence-electron chi connectivity index (χ1n) is 8.00. The van der Waals surface area contributed by atoms with Crippen molar-refractivity contribution in [3.05, 3.63) is 23.8 Å². The zero-order chi connectivity index (χ0) is 16.8. The Bertz CT molecular complexity index is 501. The lowest BCUT2D eigenvalue weighted by atomic mass is 9.99. The highest BCUT2D eigenvalue weighted by atomic mass is 16.5. The third-order valence-corrected chi connectivity index (χ3v) is 3.99. The van der Waals surface area contributed by atoms with E-state index in [0.717, 1.165) is 29.8 Å². The minimum Gasteiger partial charge on any atom is -0.490 e. The zero-order valence-corrected chi connectivity index (χ0v) is 14.7. The minimum absolute atomic E-state index is 0.119. The molecule has 0 fully saturated rings. The summed E-state index contributed by atoms with van der Waals surface area (Å²) in [7, 11) is 1.57. The van der Waals surface area contributed by atoms with E-state index in [1.807, 2.05) is 45.9 Å². The first-order chi connectivity index (χ1) is 10.4. The summed E-state index contributed by atoms with van der Waals surface area (Å²) in [5.74, 6) is 0.738. The number of benzene rings is 1. The molecule has 1 N–H and O–H groups in total. The highest BCUT2D eigenvalue weighted by Crippen LogP contribution is 2.25. The zero-order valence-electron chi connectivity index (χ0n) is 14.7. The summed E-state index contributed by atoms with van der Waals surface area (Å²) in [6.45, 7) is 9.97. The van der Waals surface area contributed by atoms with E-state index in [1.54, 1.807) is 7.11 Å². The molecule has 4 nitrogen and oxygen atoms in total. The molecular formula is C18H29NO3. The number of amides is 1. The first kappa shape index (κ1) is 18.5. The molecule has 0 saturated heterocycles. The molecular weight excluding hydrogens is 278 g/mol. The van der Waals surface area contributed by atoms with Gasteiger partial charge in [0.2, 0.25) is 0 Å². The molecule has 0 bridgehead atoms. The maximum Gasteiger partial charge on any atom is 0.256 e. The van der Waals surface area contributed by atoms with Crippen LogP contribution in [-0.2, 0) is 9.53 Å². The number of rotatable bonds is 8. The number of carbonyl (C=O) groups excluding carboxylic acids is 1. The van der Waals surface area contributed by atoms with E-state index < -0.39 is 5.60 Å². The summed E-state index contributed by atoms with van der Waals surface area (Å²) in [5, 5.41) is 2.93. The fraction of sp³-hybridized carbons (Fsp3) is 0.611. The van der Waals surface area contributed by atoms with Gasteiger partial charge in [-0.15, -0.1) is 0 Å². The van der Waals surface area contributed by atoms with Crippen molar-refractivity contribution >= 4 is 11.6 Å². The van der Waals surface area contributed by atoms with Gasteiger partial charge in [-0.2, -0.15) is 0 Å². The van der Waals surface area contributed by atoms with Crippen LogP contribution in [0.3, 0.4) is 0 Å². The average molecular weight is 307 g/mol. The number of hydrogen-bond donors (Lipinski definition) is 1. The maximum atomic E-state index is 12.4. The van der Waals surface area contributed by atoms with Gasteiger partial charge in [0, 0.05) is 12.8 Å². The van der Waals surface area contributed by atoms with Gasteiger partial charge in [-0.1, -0.05) is 20.3 Å². The molecule has 22 heavy (non-hydrogen) atoms. The van der Waals surface area contributed by atoms with Crippen molar-refractivity contribution in [3.63, 3.8) is 0 Å². The van der Waals surface area contributed by atoms with Crippen LogP contribution >= 0.6 is 0 Å². The maximum absolute atomic E-state index is 12.4. The molecule has 0 spiro atoms. The fourth-order valence-corrected chi connectivity index (χ4v) is 2.21. The predicted octanol–water partition coefficient (Wildman–Crippen LogP) is 4.32. The number of ether oxygens (including phenoxy) is 2. The largest absolute Gasteiger partial charge is 0.490 e. The van der Waals surface area contributed by atoms with Gasteiger partial charge >= 0.3 is 0 Å². The number of nitrogens with one attached hydrogen (secondary N) is 1. The number of carbonyl (C=O) groups is 1. The normalized spacial score (nSPS) is 15.0. The molecule has 0 aromatic heterocycles. The van der Waals surface area contributed by atoms with Crippen molar-refractivity contribution in [2.75, 3.05) is 12.4 Å². The van der Waals surface area contributed by atoms with Gasteiger partial charge in [0.25, 0.3) is 5.91 Å². The SMILES string of the molecule is CCC[C@](C)(OC)C(=O)Nc1ccc(O[C@@H](C)CC)c(C)c1. The van der Waals surface area contributed by atoms with Crippen LogP contribution in [-0.4, -0.2) is 24.7 Å². The van der Waals surface area contributed by atoms with E-state index >= 15 is 0 Å². The van der Waals surface area contributed by atoms with Crippen molar-refractivity contribution in [2.45, 2.75) is 65.6 Å². The standard InChI is InChI=1S/C18H29NO3/c1-7-11-18(5,21-6)17(20)19-15-9-10-16(13(3)12-15)22-14(4)8-2/h9-10,12,14H,7-8,11H2,1-6H3,(H,19,20)/t14-,18-/m0/s1. The Labute approximate surface area is 134 Å². The summed E-state index contributed by atoms with van der Waals surface area (Å²) < 4.78 is 11.2. The van der Waals surface area contributed by atoms with Gasteiger partial charge in [-0.25, -0.2) is 0 Å². The molecule has 1 aromatic rings. The molecule has 0 aliphatic heterocycles. The Morgan fingerprint density at radius 2 is 2.05 bits per heavy atom. The van der Waals surface area contributed by atoms with Crippen molar-refractivity contribution in [2.24, 2.45) is 0 Å². The lowest BCUT2D eigenvalue weighted by Crippen LogP contribution is -2.41. The molecule has 1 amide bonds. The summed E-state index contributed by atoms with van der Waals surface area (Å²) in [5.41, 5.74) is 0.972. The van der Waals surface area contributed by atoms with E-state index in [4.69, 9.17) is 9.47 Å². The average Bonchev–Trinajstić information content (AvgIpc) is 2.49. The lowest BCUT2D eigenvalue weighted by Gasteiger charge is -2.26. The van der Waals surface area contributed by atoms with Gasteiger partial charge in [-0.05, 0) is 57.4 Å². The summed E-state index contributed by atoms with van der Waals surface area (Å²) in [4.78, 5) is 12.4. The highest BCUT2D eigenvalue weighted by Gasteiger charge is 2.32. The lowest BCUT2D eigenvalue weighted by molar-refractivity contribution is -0.136. The number of methoxy groups -OCH3 is 1. The molecule has 1 rings (SSSR count). The van der Waals surface area contributed by atoms with Crippen LogP contribution in [0.2, 0.25) is 0 Å². The van der Waals surface area contributed by atoms with Gasteiger partial charge in [0.15, 0.2) is 0 Å². The van der Waals surface area contributed by atoms with Crippen LogP contribution in [0.15, 0.2) is 18.2 Å². The quantitative estimate of drug-likeness (QED) is 0.778. The molecule has 0 heterocycles. The number of hydrogen-bond acceptors (Lipinski definition) is 3. The van der Waals surface area contributed by atoms with Crippen LogP contribution in [0.25, 0.3) is 0 Å². The molecule has 0 saturated carbocycles.